The van der Waals surface area contributed by atoms with E-state index in [0.29, 0.717) is 15.1 Å². The van der Waals surface area contributed by atoms with Gasteiger partial charge in [-0.2, -0.15) is 5.10 Å². The molecule has 19 heavy (non-hydrogen) atoms. The van der Waals surface area contributed by atoms with E-state index in [1.54, 1.807) is 29.2 Å². The van der Waals surface area contributed by atoms with Crippen LogP contribution in [0.4, 0.5) is 0 Å². The lowest BCUT2D eigenvalue weighted by Gasteiger charge is -2.11. The van der Waals surface area contributed by atoms with E-state index >= 15 is 0 Å². The standard InChI is InChI=1S/C13H12Cl3N3/c1-2-3-12(19-8-17-7-18-19)13(16)10-5-4-9(14)6-11(10)15/h4-8H,2-3H2,1H3. The molecule has 0 aliphatic rings. The predicted molar refractivity (Wildman–Crippen MR) is 80.4 cm³/mol. The van der Waals surface area contributed by atoms with Crippen LogP contribution in [-0.4, -0.2) is 14.8 Å². The highest BCUT2D eigenvalue weighted by molar-refractivity contribution is 6.53. The van der Waals surface area contributed by atoms with Gasteiger partial charge < -0.3 is 0 Å². The molecule has 3 nitrogen and oxygen atoms in total. The maximum absolute atomic E-state index is 6.46. The molecule has 0 radical (unpaired) electrons. The van der Waals surface area contributed by atoms with Gasteiger partial charge in [0.25, 0.3) is 0 Å². The monoisotopic (exact) mass is 315 g/mol. The first-order chi connectivity index (χ1) is 9.13. The fraction of sp³-hybridized carbons (Fsp3) is 0.231. The highest BCUT2D eigenvalue weighted by Crippen LogP contribution is 2.34. The topological polar surface area (TPSA) is 30.7 Å². The highest BCUT2D eigenvalue weighted by Gasteiger charge is 2.12. The molecule has 0 aliphatic carbocycles. The lowest BCUT2D eigenvalue weighted by Crippen LogP contribution is -2.00. The van der Waals surface area contributed by atoms with Crippen molar-refractivity contribution >= 4 is 45.5 Å². The lowest BCUT2D eigenvalue weighted by atomic mass is 10.1. The largest absolute Gasteiger partial charge is 0.224 e. The molecule has 0 bridgehead atoms. The molecule has 0 unspecified atom stereocenters. The molecule has 2 aromatic rings. The fourth-order valence-electron chi connectivity index (χ4n) is 1.73. The van der Waals surface area contributed by atoms with Crippen molar-refractivity contribution < 1.29 is 0 Å². The van der Waals surface area contributed by atoms with Crippen LogP contribution in [0.5, 0.6) is 0 Å². The van der Waals surface area contributed by atoms with Crippen molar-refractivity contribution in [2.45, 2.75) is 19.8 Å². The predicted octanol–water partition coefficient (Wildman–Crippen LogP) is 4.95. The summed E-state index contributed by atoms with van der Waals surface area (Å²) < 4.78 is 1.66. The quantitative estimate of drug-likeness (QED) is 0.799. The van der Waals surface area contributed by atoms with Gasteiger partial charge in [0.15, 0.2) is 0 Å². The summed E-state index contributed by atoms with van der Waals surface area (Å²) in [5.41, 5.74) is 1.61. The molecule has 2 rings (SSSR count). The second-order valence-corrected chi connectivity index (χ2v) is 5.20. The Kier molecular flexibility index (Phi) is 4.86. The van der Waals surface area contributed by atoms with E-state index in [4.69, 9.17) is 34.8 Å². The van der Waals surface area contributed by atoms with Crippen molar-refractivity contribution in [3.8, 4) is 0 Å². The van der Waals surface area contributed by atoms with E-state index in [1.165, 1.54) is 6.33 Å². The van der Waals surface area contributed by atoms with Crippen molar-refractivity contribution in [1.29, 1.82) is 0 Å². The number of rotatable bonds is 4. The second kappa shape index (κ2) is 6.42. The van der Waals surface area contributed by atoms with Gasteiger partial charge in [-0.15, -0.1) is 0 Å². The summed E-state index contributed by atoms with van der Waals surface area (Å²) in [6.45, 7) is 2.07. The SMILES string of the molecule is CCCC(=C(Cl)c1ccc(Cl)cc1Cl)n1cncn1. The Morgan fingerprint density at radius 2 is 2.11 bits per heavy atom. The Morgan fingerprint density at radius 1 is 1.32 bits per heavy atom. The minimum Gasteiger partial charge on any atom is -0.224 e. The third-order valence-corrected chi connectivity index (χ3v) is 3.57. The van der Waals surface area contributed by atoms with Gasteiger partial charge in [-0.25, -0.2) is 9.67 Å². The molecule has 1 heterocycles. The summed E-state index contributed by atoms with van der Waals surface area (Å²) in [5, 5.41) is 5.79. The van der Waals surface area contributed by atoms with Gasteiger partial charge in [-0.3, -0.25) is 0 Å². The maximum atomic E-state index is 6.46. The van der Waals surface area contributed by atoms with Crippen LogP contribution in [0.1, 0.15) is 25.3 Å². The Morgan fingerprint density at radius 3 is 2.68 bits per heavy atom. The van der Waals surface area contributed by atoms with Crippen molar-refractivity contribution in [2.75, 3.05) is 0 Å². The summed E-state index contributed by atoms with van der Waals surface area (Å²) in [6, 6.07) is 5.24. The average Bonchev–Trinajstić information content (AvgIpc) is 2.89. The molecule has 1 aromatic carbocycles. The molecule has 0 fully saturated rings. The number of hydrogen-bond donors (Lipinski definition) is 0. The zero-order valence-electron chi connectivity index (χ0n) is 10.3. The zero-order valence-corrected chi connectivity index (χ0v) is 12.5. The summed E-state index contributed by atoms with van der Waals surface area (Å²) >= 11 is 18.5. The normalized spacial score (nSPS) is 12.4. The highest BCUT2D eigenvalue weighted by atomic mass is 35.5. The van der Waals surface area contributed by atoms with Gasteiger partial charge in [0.05, 0.1) is 15.8 Å². The molecule has 1 aromatic heterocycles. The summed E-state index contributed by atoms with van der Waals surface area (Å²) in [7, 11) is 0. The van der Waals surface area contributed by atoms with Gasteiger partial charge in [0.2, 0.25) is 0 Å². The van der Waals surface area contributed by atoms with Gasteiger partial charge in [-0.1, -0.05) is 54.2 Å². The number of aromatic nitrogens is 3. The molecular formula is C13H12Cl3N3. The van der Waals surface area contributed by atoms with Crippen LogP contribution in [0.15, 0.2) is 30.9 Å². The first-order valence-electron chi connectivity index (χ1n) is 5.82. The smallest absolute Gasteiger partial charge is 0.138 e. The average molecular weight is 317 g/mol. The molecule has 0 atom stereocenters. The minimum absolute atomic E-state index is 0.520. The first kappa shape index (κ1) is 14.4. The summed E-state index contributed by atoms with van der Waals surface area (Å²) in [4.78, 5) is 3.94. The molecule has 0 amide bonds. The maximum Gasteiger partial charge on any atom is 0.138 e. The molecule has 0 saturated carbocycles. The van der Waals surface area contributed by atoms with Crippen LogP contribution < -0.4 is 0 Å². The molecule has 0 aliphatic heterocycles. The van der Waals surface area contributed by atoms with E-state index in [0.717, 1.165) is 24.1 Å². The van der Waals surface area contributed by atoms with Gasteiger partial charge in [0.1, 0.15) is 12.7 Å². The van der Waals surface area contributed by atoms with Crippen LogP contribution >= 0.6 is 34.8 Å². The van der Waals surface area contributed by atoms with E-state index in [9.17, 15) is 0 Å². The van der Waals surface area contributed by atoms with Crippen molar-refractivity contribution in [3.63, 3.8) is 0 Å². The number of nitrogens with zero attached hydrogens (tertiary/aromatic N) is 3. The Hall–Kier alpha value is -1.03. The van der Waals surface area contributed by atoms with Crippen LogP contribution in [0.2, 0.25) is 10.0 Å². The lowest BCUT2D eigenvalue weighted by molar-refractivity contribution is 0.826. The van der Waals surface area contributed by atoms with Crippen molar-refractivity contribution in [1.82, 2.24) is 14.8 Å². The summed E-state index contributed by atoms with van der Waals surface area (Å²) in [5.74, 6) is 0. The van der Waals surface area contributed by atoms with E-state index in [-0.39, 0.29) is 0 Å². The minimum atomic E-state index is 0.520. The van der Waals surface area contributed by atoms with E-state index in [1.807, 2.05) is 0 Å². The van der Waals surface area contributed by atoms with E-state index in [2.05, 4.69) is 17.0 Å². The second-order valence-electron chi connectivity index (χ2n) is 3.97. The van der Waals surface area contributed by atoms with Crippen LogP contribution in [0.25, 0.3) is 10.7 Å². The number of hydrogen-bond acceptors (Lipinski definition) is 2. The third kappa shape index (κ3) is 3.30. The number of halogens is 3. The summed E-state index contributed by atoms with van der Waals surface area (Å²) in [6.07, 6.45) is 4.82. The molecule has 0 saturated heterocycles. The molecular weight excluding hydrogens is 305 g/mol. The first-order valence-corrected chi connectivity index (χ1v) is 6.96. The fourth-order valence-corrected chi connectivity index (χ4v) is 2.63. The van der Waals surface area contributed by atoms with E-state index < -0.39 is 0 Å². The molecule has 0 N–H and O–H groups in total. The third-order valence-electron chi connectivity index (χ3n) is 2.60. The Balaban J connectivity index is 2.52. The van der Waals surface area contributed by atoms with Gasteiger partial charge >= 0.3 is 0 Å². The van der Waals surface area contributed by atoms with Crippen molar-refractivity contribution in [3.05, 3.63) is 46.5 Å². The van der Waals surface area contributed by atoms with Gasteiger partial charge in [0, 0.05) is 10.6 Å². The van der Waals surface area contributed by atoms with Crippen LogP contribution in [0, 0.1) is 0 Å². The van der Waals surface area contributed by atoms with Gasteiger partial charge in [-0.05, 0) is 18.6 Å². The Bertz CT molecular complexity index is 591. The van der Waals surface area contributed by atoms with Crippen LogP contribution in [0.3, 0.4) is 0 Å². The number of allylic oxidation sites excluding steroid dienone is 1. The Labute approximate surface area is 126 Å². The number of benzene rings is 1. The van der Waals surface area contributed by atoms with Crippen LogP contribution in [-0.2, 0) is 0 Å². The molecule has 6 heteroatoms. The molecule has 0 spiro atoms. The molecule has 100 valence electrons. The van der Waals surface area contributed by atoms with Crippen molar-refractivity contribution in [2.24, 2.45) is 0 Å². The zero-order chi connectivity index (χ0) is 13.8.